The standard InChI is InChI=1S/C29H29N3O7S/c1-4-38-29(36)24-22-7-5-6-8-23(22)40-27(24)30-25(33)26(34)32-31-17(2)18-9-15-21(16-10-18)39-28(35)19-11-13-20(37-3)14-12-19/h9-16H,4-8H2,1-3H3,(H,30,33)(H,32,34). The maximum Gasteiger partial charge on any atom is 0.343 e. The summed E-state index contributed by atoms with van der Waals surface area (Å²) in [6.07, 6.45) is 3.50. The maximum absolute atomic E-state index is 12.6. The van der Waals surface area contributed by atoms with Gasteiger partial charge in [0, 0.05) is 4.88 Å². The van der Waals surface area contributed by atoms with Crippen LogP contribution in [0.3, 0.4) is 0 Å². The second kappa shape index (κ2) is 13.0. The first-order valence-corrected chi connectivity index (χ1v) is 13.6. The van der Waals surface area contributed by atoms with Gasteiger partial charge in [0.1, 0.15) is 16.5 Å². The molecule has 0 atom stereocenters. The topological polar surface area (TPSA) is 132 Å². The average Bonchev–Trinajstić information content (AvgIpc) is 3.34. The van der Waals surface area contributed by atoms with Crippen LogP contribution in [0.2, 0.25) is 0 Å². The van der Waals surface area contributed by atoms with E-state index in [1.807, 2.05) is 0 Å². The van der Waals surface area contributed by atoms with Gasteiger partial charge in [-0.15, -0.1) is 11.3 Å². The van der Waals surface area contributed by atoms with Gasteiger partial charge in [-0.3, -0.25) is 9.59 Å². The normalized spacial score (nSPS) is 12.6. The number of ether oxygens (including phenoxy) is 3. The molecule has 11 heteroatoms. The number of hydrogen-bond donors (Lipinski definition) is 2. The molecule has 2 aromatic carbocycles. The van der Waals surface area contributed by atoms with E-state index in [0.717, 1.165) is 36.1 Å². The minimum absolute atomic E-state index is 0.206. The summed E-state index contributed by atoms with van der Waals surface area (Å²) in [4.78, 5) is 51.1. The van der Waals surface area contributed by atoms with Crippen LogP contribution in [0.1, 0.15) is 63.4 Å². The van der Waals surface area contributed by atoms with E-state index in [1.165, 1.54) is 11.3 Å². The minimum atomic E-state index is -0.981. The molecule has 1 aromatic heterocycles. The molecular weight excluding hydrogens is 534 g/mol. The van der Waals surface area contributed by atoms with Crippen molar-refractivity contribution in [1.29, 1.82) is 0 Å². The average molecular weight is 564 g/mol. The van der Waals surface area contributed by atoms with Crippen LogP contribution in [-0.4, -0.2) is 43.2 Å². The largest absolute Gasteiger partial charge is 0.497 e. The summed E-state index contributed by atoms with van der Waals surface area (Å²) in [6.45, 7) is 3.57. The number of benzene rings is 2. The number of hydrazone groups is 1. The van der Waals surface area contributed by atoms with Crippen LogP contribution in [0.25, 0.3) is 0 Å². The van der Waals surface area contributed by atoms with Crippen LogP contribution >= 0.6 is 11.3 Å². The molecule has 4 rings (SSSR count). The predicted octanol–water partition coefficient (Wildman–Crippen LogP) is 4.51. The van der Waals surface area contributed by atoms with Gasteiger partial charge in [-0.2, -0.15) is 5.10 Å². The molecule has 1 aliphatic carbocycles. The van der Waals surface area contributed by atoms with Crippen molar-refractivity contribution >= 4 is 45.8 Å². The number of nitrogens with one attached hydrogen (secondary N) is 2. The summed E-state index contributed by atoms with van der Waals surface area (Å²) in [5.41, 5.74) is 4.90. The van der Waals surface area contributed by atoms with Crippen LogP contribution in [0.4, 0.5) is 5.00 Å². The van der Waals surface area contributed by atoms with E-state index in [9.17, 15) is 19.2 Å². The third-order valence-corrected chi connectivity index (χ3v) is 7.42. The second-order valence-corrected chi connectivity index (χ2v) is 9.98. The van der Waals surface area contributed by atoms with E-state index in [2.05, 4.69) is 15.8 Å². The fraction of sp³-hybridized carbons (Fsp3) is 0.276. The molecule has 0 aliphatic heterocycles. The summed E-state index contributed by atoms with van der Waals surface area (Å²) in [7, 11) is 1.54. The number of carbonyl (C=O) groups is 4. The quantitative estimate of drug-likeness (QED) is 0.135. The Morgan fingerprint density at radius 3 is 2.20 bits per heavy atom. The van der Waals surface area contributed by atoms with Crippen LogP contribution in [0.5, 0.6) is 11.5 Å². The molecule has 2 amide bonds. The van der Waals surface area contributed by atoms with Gasteiger partial charge in [-0.25, -0.2) is 15.0 Å². The lowest BCUT2D eigenvalue weighted by Crippen LogP contribution is -2.33. The number of methoxy groups -OCH3 is 1. The van der Waals surface area contributed by atoms with Crippen molar-refractivity contribution in [2.45, 2.75) is 39.5 Å². The molecule has 0 saturated carbocycles. The highest BCUT2D eigenvalue weighted by atomic mass is 32.1. The molecule has 0 fully saturated rings. The molecule has 1 heterocycles. The van der Waals surface area contributed by atoms with Gasteiger partial charge < -0.3 is 19.5 Å². The zero-order chi connectivity index (χ0) is 28.6. The van der Waals surface area contributed by atoms with E-state index in [4.69, 9.17) is 14.2 Å². The van der Waals surface area contributed by atoms with Crippen molar-refractivity contribution < 1.29 is 33.4 Å². The van der Waals surface area contributed by atoms with Crippen LogP contribution in [0.15, 0.2) is 53.6 Å². The molecule has 0 bridgehead atoms. The Morgan fingerprint density at radius 2 is 1.52 bits per heavy atom. The molecule has 0 saturated heterocycles. The van der Waals surface area contributed by atoms with Gasteiger partial charge >= 0.3 is 23.8 Å². The number of aryl methyl sites for hydroxylation is 1. The highest BCUT2D eigenvalue weighted by molar-refractivity contribution is 7.17. The lowest BCUT2D eigenvalue weighted by atomic mass is 9.95. The first-order valence-electron chi connectivity index (χ1n) is 12.7. The first kappa shape index (κ1) is 28.5. The molecule has 0 spiro atoms. The number of esters is 2. The van der Waals surface area contributed by atoms with E-state index in [0.29, 0.717) is 38.9 Å². The summed E-state index contributed by atoms with van der Waals surface area (Å²) in [6, 6.07) is 13.1. The van der Waals surface area contributed by atoms with Crippen molar-refractivity contribution in [3.8, 4) is 11.5 Å². The van der Waals surface area contributed by atoms with Gasteiger partial charge in [0.25, 0.3) is 0 Å². The highest BCUT2D eigenvalue weighted by Crippen LogP contribution is 2.38. The monoisotopic (exact) mass is 563 g/mol. The number of thiophene rings is 1. The highest BCUT2D eigenvalue weighted by Gasteiger charge is 2.28. The van der Waals surface area contributed by atoms with Crippen molar-refractivity contribution in [3.63, 3.8) is 0 Å². The Labute approximate surface area is 235 Å². The number of anilines is 1. The zero-order valence-electron chi connectivity index (χ0n) is 22.4. The van der Waals surface area contributed by atoms with Crippen LogP contribution in [-0.2, 0) is 27.2 Å². The smallest absolute Gasteiger partial charge is 0.343 e. The predicted molar refractivity (Wildman–Crippen MR) is 150 cm³/mol. The Bertz CT molecular complexity index is 1440. The van der Waals surface area contributed by atoms with Crippen molar-refractivity contribution in [2.75, 3.05) is 19.0 Å². The molecule has 2 N–H and O–H groups in total. The number of hydrogen-bond acceptors (Lipinski definition) is 9. The van der Waals surface area contributed by atoms with Gasteiger partial charge in [0.05, 0.1) is 30.6 Å². The Kier molecular flexibility index (Phi) is 9.28. The third kappa shape index (κ3) is 6.73. The van der Waals surface area contributed by atoms with Gasteiger partial charge in [0.2, 0.25) is 0 Å². The van der Waals surface area contributed by atoms with Gasteiger partial charge in [0.15, 0.2) is 0 Å². The number of amides is 2. The third-order valence-electron chi connectivity index (χ3n) is 6.22. The van der Waals surface area contributed by atoms with Crippen LogP contribution < -0.4 is 20.2 Å². The summed E-state index contributed by atoms with van der Waals surface area (Å²) < 4.78 is 15.7. The SMILES string of the molecule is CCOC(=O)c1c(NC(=O)C(=O)NN=C(C)c2ccc(OC(=O)c3ccc(OC)cc3)cc2)sc2c1CCCC2. The molecule has 0 unspecified atom stereocenters. The molecule has 208 valence electrons. The number of fused-ring (bicyclic) bond motifs is 1. The number of rotatable bonds is 8. The second-order valence-electron chi connectivity index (χ2n) is 8.87. The van der Waals surface area contributed by atoms with E-state index < -0.39 is 23.8 Å². The maximum atomic E-state index is 12.6. The Hall–Kier alpha value is -4.51. The lowest BCUT2D eigenvalue weighted by Gasteiger charge is -2.12. The summed E-state index contributed by atoms with van der Waals surface area (Å²) in [5, 5.41) is 6.88. The molecule has 40 heavy (non-hydrogen) atoms. The van der Waals surface area contributed by atoms with Crippen molar-refractivity contribution in [2.24, 2.45) is 5.10 Å². The fourth-order valence-corrected chi connectivity index (χ4v) is 5.41. The van der Waals surface area contributed by atoms with E-state index >= 15 is 0 Å². The van der Waals surface area contributed by atoms with Gasteiger partial charge in [-0.1, -0.05) is 0 Å². The summed E-state index contributed by atoms with van der Waals surface area (Å²) in [5.74, 6) is -1.99. The summed E-state index contributed by atoms with van der Waals surface area (Å²) >= 11 is 1.30. The van der Waals surface area contributed by atoms with Crippen LogP contribution in [0, 0.1) is 0 Å². The van der Waals surface area contributed by atoms with Crippen molar-refractivity contribution in [1.82, 2.24) is 5.43 Å². The van der Waals surface area contributed by atoms with Gasteiger partial charge in [-0.05, 0) is 99.2 Å². The number of carbonyl (C=O) groups excluding carboxylic acids is 4. The minimum Gasteiger partial charge on any atom is -0.497 e. The molecule has 3 aromatic rings. The molecular formula is C29H29N3O7S. The Morgan fingerprint density at radius 1 is 0.875 bits per heavy atom. The fourth-order valence-electron chi connectivity index (χ4n) is 4.14. The molecule has 10 nitrogen and oxygen atoms in total. The molecule has 1 aliphatic rings. The molecule has 0 radical (unpaired) electrons. The Balaban J connectivity index is 1.36. The number of nitrogens with zero attached hydrogens (tertiary/aromatic N) is 1. The van der Waals surface area contributed by atoms with E-state index in [-0.39, 0.29) is 6.61 Å². The first-order chi connectivity index (χ1) is 19.3. The van der Waals surface area contributed by atoms with Crippen molar-refractivity contribution in [3.05, 3.63) is 75.7 Å². The van der Waals surface area contributed by atoms with E-state index in [1.54, 1.807) is 69.5 Å². The zero-order valence-corrected chi connectivity index (χ0v) is 23.2. The lowest BCUT2D eigenvalue weighted by molar-refractivity contribution is -0.136.